The average molecular weight is 405 g/mol. The summed E-state index contributed by atoms with van der Waals surface area (Å²) in [7, 11) is 0. The average Bonchev–Trinajstić information content (AvgIpc) is 3.19. The highest BCUT2D eigenvalue weighted by molar-refractivity contribution is 5.90. The lowest BCUT2D eigenvalue weighted by Crippen LogP contribution is -2.19. The lowest BCUT2D eigenvalue weighted by Gasteiger charge is -2.13. The fraction of sp³-hybridized carbons (Fsp3) is 0.250. The van der Waals surface area contributed by atoms with Gasteiger partial charge in [-0.1, -0.05) is 26.0 Å². The maximum atomic E-state index is 13.4. The van der Waals surface area contributed by atoms with Crippen molar-refractivity contribution in [3.8, 4) is 0 Å². The molecule has 1 aromatic carbocycles. The van der Waals surface area contributed by atoms with E-state index in [2.05, 4.69) is 15.3 Å². The Bertz CT molecular complexity index is 969. The molecule has 29 heavy (non-hydrogen) atoms. The highest BCUT2D eigenvalue weighted by Crippen LogP contribution is 2.32. The van der Waals surface area contributed by atoms with Gasteiger partial charge in [0.15, 0.2) is 5.69 Å². The Morgan fingerprint density at radius 1 is 1.21 bits per heavy atom. The zero-order valence-corrected chi connectivity index (χ0v) is 15.7. The van der Waals surface area contributed by atoms with E-state index in [4.69, 9.17) is 9.15 Å². The number of carbonyl (C=O) groups excluding carboxylic acids is 1. The van der Waals surface area contributed by atoms with Crippen LogP contribution in [0.15, 0.2) is 53.3 Å². The smallest absolute Gasteiger partial charge is 0.434 e. The molecule has 0 aliphatic carbocycles. The van der Waals surface area contributed by atoms with Crippen molar-refractivity contribution in [1.29, 1.82) is 0 Å². The van der Waals surface area contributed by atoms with Gasteiger partial charge in [-0.25, -0.2) is 14.8 Å². The van der Waals surface area contributed by atoms with Crippen molar-refractivity contribution in [2.75, 3.05) is 5.32 Å². The van der Waals surface area contributed by atoms with Gasteiger partial charge < -0.3 is 14.5 Å². The number of esters is 1. The van der Waals surface area contributed by atoms with Gasteiger partial charge in [0.05, 0.1) is 6.26 Å². The monoisotopic (exact) mass is 405 g/mol. The minimum absolute atomic E-state index is 0.280. The van der Waals surface area contributed by atoms with Gasteiger partial charge >= 0.3 is 12.1 Å². The summed E-state index contributed by atoms with van der Waals surface area (Å²) in [6.07, 6.45) is -2.70. The molecule has 152 valence electrons. The van der Waals surface area contributed by atoms with E-state index in [-0.39, 0.29) is 12.6 Å². The molecule has 0 saturated carbocycles. The molecule has 0 radical (unpaired) electrons. The topological polar surface area (TPSA) is 77.2 Å². The first-order chi connectivity index (χ1) is 13.7. The minimum atomic E-state index is -4.86. The fourth-order valence-corrected chi connectivity index (χ4v) is 2.50. The van der Waals surface area contributed by atoms with Gasteiger partial charge in [-0.2, -0.15) is 13.2 Å². The molecular formula is C20H18F3N3O3. The third-order valence-corrected chi connectivity index (χ3v) is 4.04. The quantitative estimate of drug-likeness (QED) is 0.560. The van der Waals surface area contributed by atoms with E-state index >= 15 is 0 Å². The van der Waals surface area contributed by atoms with E-state index in [0.29, 0.717) is 17.4 Å². The van der Waals surface area contributed by atoms with Crippen LogP contribution in [0.4, 0.5) is 24.8 Å². The van der Waals surface area contributed by atoms with Crippen molar-refractivity contribution in [3.63, 3.8) is 0 Å². The molecule has 2 heterocycles. The predicted octanol–water partition coefficient (Wildman–Crippen LogP) is 5.31. The molecule has 0 fully saturated rings. The number of nitrogens with one attached hydrogen (secondary N) is 1. The summed E-state index contributed by atoms with van der Waals surface area (Å²) < 4.78 is 50.2. The van der Waals surface area contributed by atoms with Gasteiger partial charge in [0.25, 0.3) is 0 Å². The van der Waals surface area contributed by atoms with Crippen LogP contribution in [0.25, 0.3) is 0 Å². The van der Waals surface area contributed by atoms with Gasteiger partial charge in [-0.3, -0.25) is 0 Å². The third-order valence-electron chi connectivity index (χ3n) is 4.04. The highest BCUT2D eigenvalue weighted by atomic mass is 19.4. The van der Waals surface area contributed by atoms with Crippen molar-refractivity contribution >= 4 is 17.6 Å². The van der Waals surface area contributed by atoms with Crippen LogP contribution < -0.4 is 5.32 Å². The summed E-state index contributed by atoms with van der Waals surface area (Å²) in [5.74, 6) is -0.849. The summed E-state index contributed by atoms with van der Waals surface area (Å²) in [5.41, 5.74) is -0.541. The van der Waals surface area contributed by atoms with E-state index in [1.54, 1.807) is 18.2 Å². The van der Waals surface area contributed by atoms with Gasteiger partial charge in [-0.05, 0) is 35.7 Å². The predicted molar refractivity (Wildman–Crippen MR) is 98.7 cm³/mol. The lowest BCUT2D eigenvalue weighted by molar-refractivity contribution is -0.141. The van der Waals surface area contributed by atoms with Crippen LogP contribution in [0.3, 0.4) is 0 Å². The SMILES string of the molecule is CC(C)c1ccc(Nc2ncc(C(=O)OCc3ccco3)c(C(F)(F)F)n2)cc1. The van der Waals surface area contributed by atoms with Crippen molar-refractivity contribution in [3.05, 3.63) is 71.4 Å². The summed E-state index contributed by atoms with van der Waals surface area (Å²) in [6.45, 7) is 3.76. The number of nitrogens with zero attached hydrogens (tertiary/aromatic N) is 2. The number of carbonyl (C=O) groups is 1. The lowest BCUT2D eigenvalue weighted by atomic mass is 10.0. The molecule has 0 spiro atoms. The van der Waals surface area contributed by atoms with Crippen LogP contribution in [-0.2, 0) is 17.5 Å². The van der Waals surface area contributed by atoms with Crippen molar-refractivity contribution in [2.45, 2.75) is 32.5 Å². The molecular weight excluding hydrogens is 387 g/mol. The van der Waals surface area contributed by atoms with Crippen LogP contribution in [0, 0.1) is 0 Å². The molecule has 0 amide bonds. The van der Waals surface area contributed by atoms with Gasteiger partial charge in [-0.15, -0.1) is 0 Å². The first kappa shape index (κ1) is 20.4. The zero-order valence-electron chi connectivity index (χ0n) is 15.7. The molecule has 1 N–H and O–H groups in total. The number of rotatable bonds is 6. The Balaban J connectivity index is 1.81. The molecule has 2 aromatic heterocycles. The second-order valence-electron chi connectivity index (χ2n) is 6.51. The molecule has 0 unspecified atom stereocenters. The highest BCUT2D eigenvalue weighted by Gasteiger charge is 2.38. The largest absolute Gasteiger partial charge is 0.466 e. The molecule has 9 heteroatoms. The molecule has 6 nitrogen and oxygen atoms in total. The van der Waals surface area contributed by atoms with E-state index in [0.717, 1.165) is 11.8 Å². The van der Waals surface area contributed by atoms with Crippen molar-refractivity contribution in [1.82, 2.24) is 9.97 Å². The number of alkyl halides is 3. The molecule has 0 bridgehead atoms. The Morgan fingerprint density at radius 2 is 1.93 bits per heavy atom. The Kier molecular flexibility index (Phi) is 5.86. The number of anilines is 2. The van der Waals surface area contributed by atoms with E-state index in [1.807, 2.05) is 26.0 Å². The molecule has 3 aromatic rings. The summed E-state index contributed by atoms with van der Waals surface area (Å²) in [5, 5.41) is 2.71. The number of hydrogen-bond donors (Lipinski definition) is 1. The molecule has 0 aliphatic heterocycles. The summed E-state index contributed by atoms with van der Waals surface area (Å²) >= 11 is 0. The first-order valence-electron chi connectivity index (χ1n) is 8.75. The van der Waals surface area contributed by atoms with Crippen LogP contribution >= 0.6 is 0 Å². The Morgan fingerprint density at radius 3 is 2.52 bits per heavy atom. The molecule has 0 saturated heterocycles. The molecule has 3 rings (SSSR count). The second-order valence-corrected chi connectivity index (χ2v) is 6.51. The summed E-state index contributed by atoms with van der Waals surface area (Å²) in [4.78, 5) is 19.4. The number of hydrogen-bond acceptors (Lipinski definition) is 6. The standard InChI is InChI=1S/C20H18F3N3O3/c1-12(2)13-5-7-14(8-6-13)25-19-24-10-16(17(26-19)20(21,22)23)18(27)29-11-15-4-3-9-28-15/h3-10,12H,11H2,1-2H3,(H,24,25,26). The van der Waals surface area contributed by atoms with Crippen molar-refractivity contribution in [2.24, 2.45) is 0 Å². The van der Waals surface area contributed by atoms with Crippen LogP contribution in [-0.4, -0.2) is 15.9 Å². The van der Waals surface area contributed by atoms with Crippen LogP contribution in [0.5, 0.6) is 0 Å². The minimum Gasteiger partial charge on any atom is -0.466 e. The maximum absolute atomic E-state index is 13.4. The van der Waals surface area contributed by atoms with Gasteiger partial charge in [0.1, 0.15) is 17.9 Å². The van der Waals surface area contributed by atoms with E-state index < -0.39 is 23.4 Å². The zero-order chi connectivity index (χ0) is 21.0. The number of furan rings is 1. The Hall–Kier alpha value is -3.36. The Labute approximate surface area is 164 Å². The van der Waals surface area contributed by atoms with E-state index in [9.17, 15) is 18.0 Å². The van der Waals surface area contributed by atoms with Gasteiger partial charge in [0.2, 0.25) is 5.95 Å². The first-order valence-corrected chi connectivity index (χ1v) is 8.75. The van der Waals surface area contributed by atoms with Gasteiger partial charge in [0, 0.05) is 11.9 Å². The van der Waals surface area contributed by atoms with Crippen molar-refractivity contribution < 1.29 is 27.1 Å². The molecule has 0 aliphatic rings. The number of halogens is 3. The second kappa shape index (κ2) is 8.34. The van der Waals surface area contributed by atoms with Crippen LogP contribution in [0.1, 0.15) is 47.1 Å². The number of ether oxygens (including phenoxy) is 1. The number of aromatic nitrogens is 2. The summed E-state index contributed by atoms with van der Waals surface area (Å²) in [6, 6.07) is 10.3. The van der Waals surface area contributed by atoms with E-state index in [1.165, 1.54) is 12.3 Å². The van der Waals surface area contributed by atoms with Crippen LogP contribution in [0.2, 0.25) is 0 Å². The fourth-order valence-electron chi connectivity index (χ4n) is 2.50. The maximum Gasteiger partial charge on any atom is 0.434 e. The molecule has 0 atom stereocenters. The normalized spacial score (nSPS) is 11.5. The number of benzene rings is 1. The third kappa shape index (κ3) is 5.13.